The summed E-state index contributed by atoms with van der Waals surface area (Å²) in [6.07, 6.45) is 1.33. The number of fused-ring (bicyclic) bond motifs is 2. The zero-order valence-corrected chi connectivity index (χ0v) is 18.3. The van der Waals surface area contributed by atoms with Crippen LogP contribution in [-0.4, -0.2) is 49.1 Å². The smallest absolute Gasteiger partial charge is 0.309 e. The van der Waals surface area contributed by atoms with Crippen LogP contribution in [0.4, 0.5) is 0 Å². The molecule has 5 atom stereocenters. The maximum absolute atomic E-state index is 12.3. The monoisotopic (exact) mass is 424 g/mol. The van der Waals surface area contributed by atoms with Crippen LogP contribution in [0.2, 0.25) is 0 Å². The normalized spacial score (nSPS) is 31.8. The average molecular weight is 424 g/mol. The molecule has 1 spiro atoms. The lowest BCUT2D eigenvalue weighted by Gasteiger charge is -2.35. The number of carbonyl (C=O) groups is 3. The van der Waals surface area contributed by atoms with Gasteiger partial charge in [0.2, 0.25) is 6.29 Å². The zero-order chi connectivity index (χ0) is 22.1. The summed E-state index contributed by atoms with van der Waals surface area (Å²) in [5.74, 6) is -1.13. The zero-order valence-electron chi connectivity index (χ0n) is 18.3. The highest BCUT2D eigenvalue weighted by Gasteiger charge is 2.70. The fourth-order valence-electron chi connectivity index (χ4n) is 4.38. The highest BCUT2D eigenvalue weighted by Crippen LogP contribution is 2.57. The molecule has 2 heterocycles. The van der Waals surface area contributed by atoms with Gasteiger partial charge < -0.3 is 23.7 Å². The second-order valence-corrected chi connectivity index (χ2v) is 9.25. The van der Waals surface area contributed by atoms with Crippen LogP contribution in [0.25, 0.3) is 0 Å². The molecule has 3 aliphatic rings. The third-order valence-electron chi connectivity index (χ3n) is 5.72. The molecule has 2 fully saturated rings. The molecule has 30 heavy (non-hydrogen) atoms. The van der Waals surface area contributed by atoms with Gasteiger partial charge in [-0.05, 0) is 18.3 Å². The van der Waals surface area contributed by atoms with Gasteiger partial charge in [0.05, 0.1) is 18.8 Å². The van der Waals surface area contributed by atoms with Crippen molar-refractivity contribution >= 4 is 17.9 Å². The minimum Gasteiger partial charge on any atom is -0.462 e. The van der Waals surface area contributed by atoms with Crippen molar-refractivity contribution in [1.82, 2.24) is 0 Å². The van der Waals surface area contributed by atoms with Crippen molar-refractivity contribution in [3.8, 4) is 0 Å². The van der Waals surface area contributed by atoms with E-state index in [0.29, 0.717) is 19.4 Å². The quantitative estimate of drug-likeness (QED) is 0.333. The molecule has 3 rings (SSSR count). The van der Waals surface area contributed by atoms with E-state index in [1.165, 1.54) is 13.2 Å². The summed E-state index contributed by atoms with van der Waals surface area (Å²) in [5.41, 5.74) is 0.0402. The first-order valence-corrected chi connectivity index (χ1v) is 10.6. The van der Waals surface area contributed by atoms with E-state index in [9.17, 15) is 14.4 Å². The van der Waals surface area contributed by atoms with Gasteiger partial charge in [-0.1, -0.05) is 27.7 Å². The van der Waals surface area contributed by atoms with Gasteiger partial charge in [0.15, 0.2) is 0 Å². The fraction of sp³-hybridized carbons (Fsp3) is 0.773. The molecule has 168 valence electrons. The number of rotatable bonds is 8. The molecule has 1 saturated heterocycles. The highest BCUT2D eigenvalue weighted by atomic mass is 16.7. The third-order valence-corrected chi connectivity index (χ3v) is 5.72. The number of esters is 3. The lowest BCUT2D eigenvalue weighted by molar-refractivity contribution is -0.192. The minimum atomic E-state index is -0.834. The number of hydrogen-bond donors (Lipinski definition) is 0. The van der Waals surface area contributed by atoms with Crippen LogP contribution in [0.3, 0.4) is 0 Å². The van der Waals surface area contributed by atoms with E-state index >= 15 is 0 Å². The van der Waals surface area contributed by atoms with E-state index < -0.39 is 24.0 Å². The van der Waals surface area contributed by atoms with E-state index in [0.717, 1.165) is 5.57 Å². The van der Waals surface area contributed by atoms with Crippen LogP contribution in [0.15, 0.2) is 11.8 Å². The van der Waals surface area contributed by atoms with Gasteiger partial charge in [0.25, 0.3) is 0 Å². The largest absolute Gasteiger partial charge is 0.462 e. The molecule has 0 unspecified atom stereocenters. The van der Waals surface area contributed by atoms with Crippen molar-refractivity contribution in [2.75, 3.05) is 13.2 Å². The molecule has 0 bridgehead atoms. The van der Waals surface area contributed by atoms with E-state index in [1.54, 1.807) is 0 Å². The molecule has 0 radical (unpaired) electrons. The van der Waals surface area contributed by atoms with Gasteiger partial charge in [-0.25, -0.2) is 0 Å². The first kappa shape index (κ1) is 22.6. The molecule has 8 nitrogen and oxygen atoms in total. The Labute approximate surface area is 177 Å². The van der Waals surface area contributed by atoms with Crippen molar-refractivity contribution in [1.29, 1.82) is 0 Å². The van der Waals surface area contributed by atoms with Crippen LogP contribution in [0.5, 0.6) is 0 Å². The van der Waals surface area contributed by atoms with Crippen LogP contribution in [0.1, 0.15) is 53.9 Å². The van der Waals surface area contributed by atoms with Crippen LogP contribution in [-0.2, 0) is 38.1 Å². The Morgan fingerprint density at radius 2 is 1.73 bits per heavy atom. The lowest BCUT2D eigenvalue weighted by Crippen LogP contribution is -2.45. The number of ether oxygens (including phenoxy) is 5. The molecule has 0 amide bonds. The minimum absolute atomic E-state index is 0.0856. The summed E-state index contributed by atoms with van der Waals surface area (Å²) in [5, 5.41) is 0. The molecular formula is C22H32O8. The lowest BCUT2D eigenvalue weighted by atomic mass is 9.83. The van der Waals surface area contributed by atoms with Crippen molar-refractivity contribution < 1.29 is 38.1 Å². The van der Waals surface area contributed by atoms with Crippen LogP contribution in [0, 0.1) is 23.7 Å². The number of carbonyl (C=O) groups excluding carboxylic acids is 3. The van der Waals surface area contributed by atoms with Crippen molar-refractivity contribution in [3.05, 3.63) is 11.8 Å². The molecular weight excluding hydrogens is 392 g/mol. The predicted molar refractivity (Wildman–Crippen MR) is 105 cm³/mol. The van der Waals surface area contributed by atoms with Gasteiger partial charge in [0.1, 0.15) is 18.3 Å². The number of hydrogen-bond acceptors (Lipinski definition) is 8. The van der Waals surface area contributed by atoms with Crippen molar-refractivity contribution in [2.45, 2.75) is 71.9 Å². The van der Waals surface area contributed by atoms with Crippen LogP contribution >= 0.6 is 0 Å². The Kier molecular flexibility index (Phi) is 6.75. The second kappa shape index (κ2) is 8.96. The Morgan fingerprint density at radius 1 is 1.10 bits per heavy atom. The highest BCUT2D eigenvalue weighted by molar-refractivity contribution is 5.70. The summed E-state index contributed by atoms with van der Waals surface area (Å²) < 4.78 is 28.2. The van der Waals surface area contributed by atoms with E-state index in [1.807, 2.05) is 27.7 Å². The molecule has 1 saturated carbocycles. The Hall–Kier alpha value is -2.09. The molecule has 0 aromatic heterocycles. The van der Waals surface area contributed by atoms with Crippen LogP contribution < -0.4 is 0 Å². The van der Waals surface area contributed by atoms with Gasteiger partial charge in [-0.2, -0.15) is 0 Å². The summed E-state index contributed by atoms with van der Waals surface area (Å²) in [7, 11) is 0. The molecule has 0 N–H and O–H groups in total. The average Bonchev–Trinajstić information content (AvgIpc) is 3.33. The maximum atomic E-state index is 12.3. The molecule has 0 aromatic carbocycles. The van der Waals surface area contributed by atoms with E-state index in [4.69, 9.17) is 23.7 Å². The van der Waals surface area contributed by atoms with Crippen molar-refractivity contribution in [2.24, 2.45) is 23.7 Å². The Balaban J connectivity index is 1.77. The summed E-state index contributed by atoms with van der Waals surface area (Å²) >= 11 is 0. The predicted octanol–water partition coefficient (Wildman–Crippen LogP) is 2.74. The van der Waals surface area contributed by atoms with Gasteiger partial charge in [0, 0.05) is 31.3 Å². The molecule has 2 aliphatic heterocycles. The molecule has 0 aromatic rings. The van der Waals surface area contributed by atoms with Gasteiger partial charge >= 0.3 is 17.9 Å². The van der Waals surface area contributed by atoms with Crippen molar-refractivity contribution in [3.63, 3.8) is 0 Å². The first-order chi connectivity index (χ1) is 14.1. The summed E-state index contributed by atoms with van der Waals surface area (Å²) in [4.78, 5) is 35.9. The molecule has 8 heteroatoms. The van der Waals surface area contributed by atoms with Gasteiger partial charge in [-0.15, -0.1) is 0 Å². The summed E-state index contributed by atoms with van der Waals surface area (Å²) in [6.45, 7) is 9.62. The Morgan fingerprint density at radius 3 is 2.30 bits per heavy atom. The van der Waals surface area contributed by atoms with E-state index in [-0.39, 0.29) is 48.6 Å². The second-order valence-electron chi connectivity index (χ2n) is 9.25. The van der Waals surface area contributed by atoms with Gasteiger partial charge in [-0.3, -0.25) is 14.4 Å². The topological polar surface area (TPSA) is 101 Å². The first-order valence-electron chi connectivity index (χ1n) is 10.6. The standard InChI is InChI=1S/C22H32O8/c1-12(2)6-18(24)26-9-15-10-27-21(30-19(25)7-13(3)4)20-16(15)8-17(29-14(5)23)22(20)11-28-22/h10,12-13,16-17,20-21H,6-9,11H2,1-5H3/t16-,17-,20-,21-,22-/m1/s1. The molecule has 1 aliphatic carbocycles. The third kappa shape index (κ3) is 4.96. The number of epoxide rings is 1. The summed E-state index contributed by atoms with van der Waals surface area (Å²) in [6, 6.07) is 0. The Bertz CT molecular complexity index is 706. The SMILES string of the molecule is CC(=O)O[C@@H]1C[C@@H]2C(COC(=O)CC(C)C)=CO[C@H](OC(=O)CC(C)C)[C@@H]2[C@@]12CO2. The van der Waals surface area contributed by atoms with E-state index in [2.05, 4.69) is 0 Å². The fourth-order valence-corrected chi connectivity index (χ4v) is 4.38. The maximum Gasteiger partial charge on any atom is 0.309 e.